The van der Waals surface area contributed by atoms with Crippen molar-refractivity contribution in [3.8, 4) is 0 Å². The quantitative estimate of drug-likeness (QED) is 0.782. The van der Waals surface area contributed by atoms with Gasteiger partial charge in [0.25, 0.3) is 0 Å². The first-order chi connectivity index (χ1) is 12.3. The van der Waals surface area contributed by atoms with E-state index < -0.39 is 0 Å². The molecular weight excluding hydrogens is 352 g/mol. The van der Waals surface area contributed by atoms with Gasteiger partial charge in [0.2, 0.25) is 11.9 Å². The summed E-state index contributed by atoms with van der Waals surface area (Å²) in [5.74, 6) is 0.819. The fourth-order valence-electron chi connectivity index (χ4n) is 3.37. The maximum atomic E-state index is 11.9. The summed E-state index contributed by atoms with van der Waals surface area (Å²) in [4.78, 5) is 27.1. The Hall–Kier alpha value is -2.41. The van der Waals surface area contributed by atoms with E-state index in [4.69, 9.17) is 17.3 Å². The van der Waals surface area contributed by atoms with Crippen LogP contribution in [0.4, 0.5) is 11.8 Å². The van der Waals surface area contributed by atoms with E-state index in [2.05, 4.69) is 39.0 Å². The number of nitrogens with one attached hydrogen (secondary N) is 1. The van der Waals surface area contributed by atoms with Gasteiger partial charge in [-0.15, -0.1) is 0 Å². The lowest BCUT2D eigenvalue weighted by Crippen LogP contribution is -2.26. The van der Waals surface area contributed by atoms with Gasteiger partial charge in [0.1, 0.15) is 5.82 Å². The number of hydrogen-bond acceptors (Lipinski definition) is 6. The zero-order valence-electron chi connectivity index (χ0n) is 15.5. The Labute approximate surface area is 158 Å². The minimum atomic E-state index is -0.0436. The Morgan fingerprint density at radius 3 is 2.77 bits per heavy atom. The minimum Gasteiger partial charge on any atom is -0.368 e. The number of carbonyl (C=O) groups is 1. The van der Waals surface area contributed by atoms with Crippen LogP contribution < -0.4 is 16.0 Å². The second kappa shape index (κ2) is 7.07. The molecule has 3 N–H and O–H groups in total. The van der Waals surface area contributed by atoms with Crippen molar-refractivity contribution >= 4 is 17.7 Å². The molecule has 0 radical (unpaired) electrons. The number of anilines is 2. The molecule has 1 aliphatic rings. The third-order valence-electron chi connectivity index (χ3n) is 5.13. The van der Waals surface area contributed by atoms with Gasteiger partial charge in [-0.25, -0.2) is 0 Å². The largest absolute Gasteiger partial charge is 0.368 e. The molecule has 0 saturated heterocycles. The fraction of sp³-hybridized carbons (Fsp3) is 0.444. The minimum absolute atomic E-state index is 0.0296. The molecule has 8 heteroatoms. The number of pyridine rings is 1. The molecule has 3 heterocycles. The SMILES string of the molecule is CNC(=O)C[C@H]1CN(Cc2cnc(C)c(C)c2C)c2nc(N)nc([ClH+])c21. The van der Waals surface area contributed by atoms with Crippen molar-refractivity contribution in [3.05, 3.63) is 39.3 Å². The first kappa shape index (κ1) is 18.4. The second-order valence-corrected chi connectivity index (χ2v) is 7.08. The van der Waals surface area contributed by atoms with E-state index in [1.165, 1.54) is 11.1 Å². The molecule has 3 rings (SSSR count). The van der Waals surface area contributed by atoms with E-state index in [0.29, 0.717) is 24.7 Å². The van der Waals surface area contributed by atoms with E-state index in [9.17, 15) is 4.79 Å². The van der Waals surface area contributed by atoms with Gasteiger partial charge in [0.05, 0.1) is 5.56 Å². The van der Waals surface area contributed by atoms with Gasteiger partial charge in [0, 0.05) is 44.4 Å². The van der Waals surface area contributed by atoms with E-state index in [1.807, 2.05) is 13.1 Å². The Kier molecular flexibility index (Phi) is 5.00. The monoisotopic (exact) mass is 375 g/mol. The molecule has 138 valence electrons. The van der Waals surface area contributed by atoms with Crippen LogP contribution >= 0.6 is 0 Å². The predicted octanol–water partition coefficient (Wildman–Crippen LogP) is 1.32. The third-order valence-corrected chi connectivity index (χ3v) is 5.44. The molecule has 26 heavy (non-hydrogen) atoms. The third kappa shape index (κ3) is 3.31. The molecule has 0 aromatic carbocycles. The molecule has 1 atom stereocenters. The molecule has 0 saturated carbocycles. The number of carbonyl (C=O) groups excluding carboxylic acids is 1. The molecule has 1 aliphatic heterocycles. The average Bonchev–Trinajstić information content (AvgIpc) is 2.92. The van der Waals surface area contributed by atoms with Crippen LogP contribution in [-0.4, -0.2) is 34.5 Å². The van der Waals surface area contributed by atoms with Crippen molar-refractivity contribution in [3.63, 3.8) is 0 Å². The maximum absolute atomic E-state index is 11.9. The van der Waals surface area contributed by atoms with Crippen LogP contribution in [0.1, 0.15) is 40.3 Å². The van der Waals surface area contributed by atoms with Crippen LogP contribution in [0.5, 0.6) is 0 Å². The van der Waals surface area contributed by atoms with Crippen LogP contribution in [0.3, 0.4) is 0 Å². The van der Waals surface area contributed by atoms with E-state index >= 15 is 0 Å². The first-order valence-electron chi connectivity index (χ1n) is 8.53. The molecule has 0 aliphatic carbocycles. The highest BCUT2D eigenvalue weighted by molar-refractivity contribution is 5.77. The Balaban J connectivity index is 1.97. The van der Waals surface area contributed by atoms with Crippen LogP contribution in [0.15, 0.2) is 6.20 Å². The molecule has 7 nitrogen and oxygen atoms in total. The van der Waals surface area contributed by atoms with Crippen LogP contribution in [0, 0.1) is 32.4 Å². The van der Waals surface area contributed by atoms with Gasteiger partial charge >= 0.3 is 5.15 Å². The van der Waals surface area contributed by atoms with E-state index in [0.717, 1.165) is 22.6 Å². The second-order valence-electron chi connectivity index (χ2n) is 6.70. The summed E-state index contributed by atoms with van der Waals surface area (Å²) in [6.45, 7) is 7.48. The van der Waals surface area contributed by atoms with E-state index in [1.54, 1.807) is 7.05 Å². The molecule has 0 fully saturated rings. The smallest absolute Gasteiger partial charge is 0.328 e. The van der Waals surface area contributed by atoms with E-state index in [-0.39, 0.29) is 17.8 Å². The molecule has 1 amide bonds. The van der Waals surface area contributed by atoms with Crippen LogP contribution in [0.25, 0.3) is 0 Å². The number of nitrogen functional groups attached to an aromatic ring is 1. The topological polar surface area (TPSA) is 97.0 Å². The fourth-order valence-corrected chi connectivity index (χ4v) is 3.72. The standard InChI is InChI=1S/C18H23ClN6O/c1-9-10(2)13(6-22-11(9)3)8-25-7-12(5-14(26)21-4)15-16(19)23-18(20)24-17(15)25/h6,12,19H,5,7-8H2,1-4H3,(H2-,20,21,23,24,26)/p+1/t12-/m0/s1. The van der Waals surface area contributed by atoms with Crippen molar-refractivity contribution in [2.75, 3.05) is 24.2 Å². The highest BCUT2D eigenvalue weighted by Gasteiger charge is 2.37. The summed E-state index contributed by atoms with van der Waals surface area (Å²) >= 11 is 5.41. The molecular formula is C18H24ClN6O+. The van der Waals surface area contributed by atoms with Crippen molar-refractivity contribution in [2.45, 2.75) is 39.7 Å². The predicted molar refractivity (Wildman–Crippen MR) is 97.9 cm³/mol. The summed E-state index contributed by atoms with van der Waals surface area (Å²) in [6.07, 6.45) is 2.25. The zero-order chi connectivity index (χ0) is 19.0. The maximum Gasteiger partial charge on any atom is 0.328 e. The van der Waals surface area contributed by atoms with Crippen molar-refractivity contribution in [1.82, 2.24) is 20.3 Å². The van der Waals surface area contributed by atoms with Crippen molar-refractivity contribution in [2.24, 2.45) is 0 Å². The van der Waals surface area contributed by atoms with Crippen LogP contribution in [-0.2, 0) is 11.3 Å². The number of aromatic nitrogens is 3. The highest BCUT2D eigenvalue weighted by atomic mass is 35.5. The van der Waals surface area contributed by atoms with Gasteiger partial charge in [0.15, 0.2) is 11.6 Å². The summed E-state index contributed by atoms with van der Waals surface area (Å²) < 4.78 is 0. The number of fused-ring (bicyclic) bond motifs is 1. The lowest BCUT2D eigenvalue weighted by molar-refractivity contribution is -0.297. The molecule has 0 spiro atoms. The normalized spacial score (nSPS) is 15.9. The van der Waals surface area contributed by atoms with Gasteiger partial charge < -0.3 is 16.0 Å². The molecule has 0 bridgehead atoms. The van der Waals surface area contributed by atoms with Gasteiger partial charge in [-0.05, 0) is 37.5 Å². The Morgan fingerprint density at radius 1 is 1.35 bits per heavy atom. The highest BCUT2D eigenvalue weighted by Crippen LogP contribution is 2.40. The lowest BCUT2D eigenvalue weighted by atomic mass is 10.00. The summed E-state index contributed by atoms with van der Waals surface area (Å²) in [6, 6.07) is 0. The van der Waals surface area contributed by atoms with Crippen molar-refractivity contribution in [1.29, 1.82) is 0 Å². The molecule has 2 aromatic rings. The number of hydrogen-bond donors (Lipinski definition) is 2. The number of rotatable bonds is 4. The number of aryl methyl sites for hydroxylation is 1. The summed E-state index contributed by atoms with van der Waals surface area (Å²) in [5, 5.41) is 3.10. The number of nitrogens with two attached hydrogens (primary N) is 1. The van der Waals surface area contributed by atoms with Crippen LogP contribution in [0.2, 0.25) is 5.15 Å². The first-order valence-corrected chi connectivity index (χ1v) is 8.94. The zero-order valence-corrected chi connectivity index (χ0v) is 16.3. The molecule has 2 aromatic heterocycles. The Morgan fingerprint density at radius 2 is 2.08 bits per heavy atom. The van der Waals surface area contributed by atoms with Gasteiger partial charge in [-0.1, -0.05) is 0 Å². The number of amides is 1. The molecule has 0 unspecified atom stereocenters. The summed E-state index contributed by atoms with van der Waals surface area (Å²) in [5.41, 5.74) is 11.2. The van der Waals surface area contributed by atoms with Gasteiger partial charge in [-0.2, -0.15) is 9.97 Å². The average molecular weight is 376 g/mol. The summed E-state index contributed by atoms with van der Waals surface area (Å²) in [7, 11) is 1.63. The number of halogens is 1. The Bertz CT molecular complexity index is 869. The van der Waals surface area contributed by atoms with Gasteiger partial charge in [-0.3, -0.25) is 9.78 Å². The lowest BCUT2D eigenvalue weighted by Gasteiger charge is -2.21. The van der Waals surface area contributed by atoms with Crippen molar-refractivity contribution < 1.29 is 16.4 Å². The number of nitrogens with zero attached hydrogens (tertiary/aromatic N) is 4.